The normalized spacial score (nSPS) is 11.0. The molecule has 0 fully saturated rings. The number of hydrogen-bond donors (Lipinski definition) is 9. The van der Waals surface area contributed by atoms with Gasteiger partial charge in [-0.2, -0.15) is 5.10 Å². The van der Waals surface area contributed by atoms with E-state index in [0.29, 0.717) is 94.7 Å². The summed E-state index contributed by atoms with van der Waals surface area (Å²) in [6.45, 7) is 58.3. The zero-order chi connectivity index (χ0) is 106. The average molecular weight is 1930 g/mol. The molecule has 0 aliphatic rings. The highest BCUT2D eigenvalue weighted by molar-refractivity contribution is 5.96. The third kappa shape index (κ3) is 20.5. The molecule has 0 unspecified atom stereocenters. The van der Waals surface area contributed by atoms with E-state index < -0.39 is 45.0 Å². The molecule has 0 atom stereocenters. The van der Waals surface area contributed by atoms with E-state index in [1.54, 1.807) is 76.2 Å². The fourth-order valence-corrected chi connectivity index (χ4v) is 14.7. The Labute approximate surface area is 801 Å². The minimum Gasteiger partial charge on any atom is -0.507 e. The number of aromatic nitrogens is 12. The first kappa shape index (κ1) is 106. The molecule has 18 rings (SSSR count). The lowest BCUT2D eigenvalue weighted by Gasteiger charge is -2.14. The van der Waals surface area contributed by atoms with Crippen LogP contribution in [0.25, 0.3) is 99.6 Å². The highest BCUT2D eigenvalue weighted by Gasteiger charge is 2.26. The van der Waals surface area contributed by atoms with Crippen molar-refractivity contribution in [3.63, 3.8) is 0 Å². The fourth-order valence-electron chi connectivity index (χ4n) is 14.7. The molecular formula is C102H108N12O27. The van der Waals surface area contributed by atoms with E-state index in [4.69, 9.17) is 39.8 Å². The van der Waals surface area contributed by atoms with Gasteiger partial charge in [-0.25, -0.2) is 78.0 Å². The van der Waals surface area contributed by atoms with Gasteiger partial charge in [0.2, 0.25) is 5.71 Å². The van der Waals surface area contributed by atoms with Gasteiger partial charge in [0.1, 0.15) is 51.5 Å². The van der Waals surface area contributed by atoms with E-state index in [1.807, 2.05) is 111 Å². The van der Waals surface area contributed by atoms with Crippen LogP contribution in [0.2, 0.25) is 0 Å². The Morgan fingerprint density at radius 2 is 0.461 bits per heavy atom. The Morgan fingerprint density at radius 3 is 0.972 bits per heavy atom. The smallest absolute Gasteiger partial charge is 0.344 e. The molecule has 0 saturated carbocycles. The second-order valence-electron chi connectivity index (χ2n) is 34.2. The molecule has 0 amide bonds. The predicted molar refractivity (Wildman–Crippen MR) is 527 cm³/mol. The van der Waals surface area contributed by atoms with Gasteiger partial charge < -0.3 is 85.7 Å². The number of fused-ring (bicyclic) bond motifs is 9. The molecular weight excluding hydrogens is 1830 g/mol. The number of aromatic hydroxyl groups is 9. The lowest BCUT2D eigenvalue weighted by molar-refractivity contribution is 0.412. The molecule has 9 N–H and O–H groups in total. The molecule has 16 aromatic heterocycles. The van der Waals surface area contributed by atoms with Crippen LogP contribution in [0.3, 0.4) is 0 Å². The minimum atomic E-state index is -0.630. The average Bonchev–Trinajstić information content (AvgIpc) is 0.712. The van der Waals surface area contributed by atoms with Crippen molar-refractivity contribution in [3.8, 4) is 51.7 Å². The van der Waals surface area contributed by atoms with Gasteiger partial charge >= 0.3 is 50.6 Å². The number of pyridine rings is 3. The Bertz CT molecular complexity index is 8850. The Hall–Kier alpha value is -16.8. The van der Waals surface area contributed by atoms with Crippen molar-refractivity contribution in [2.75, 3.05) is 0 Å². The van der Waals surface area contributed by atoms with Gasteiger partial charge in [-0.3, -0.25) is 4.98 Å². The monoisotopic (exact) mass is 1930 g/mol. The molecule has 0 aliphatic heterocycles. The largest absolute Gasteiger partial charge is 0.507 e. The van der Waals surface area contributed by atoms with E-state index in [-0.39, 0.29) is 153 Å². The maximum Gasteiger partial charge on any atom is 0.344 e. The maximum atomic E-state index is 11.9. The standard InChI is InChI=1S/2C14H16O3.3C12H13NO3.3C10H10N2O3.C8H7N3O3/c1-6-7(2)9(4)13-11(8(6)3)12(15)10(5)14(16)17-13;1-6-7(2)9(4)12-11(8(6)3)13(15)10(5)17-14(12)16;1-5-7(3)13-8(4)11-9(5)10(14)6(2)12(15)16-11;1-5-6(2)11-9(13-8(5)4)10(14)7(3)12(15)16-11;1-5-6(2)9-10(14)7(3)12(15)16-11(9)13-8(5)4;1-4-8(13)7-9(15-10(4)14)5(2)11-6(3)12-7;1-4-8(13)7-9(15-10(4)14)12-6(3)5(2)11-7;1-4-6(3)11-12-9-7(4)8(13)5(2)10(14)15-9;1-3-6(12)5-7(14-8(3)13)11-10-4(2)9-5/h2*15H,1-5H3;3*14H,1-4H3;3*13H,1-3H3;12H,1-2H3. The molecule has 0 radical (unpaired) electrons. The van der Waals surface area contributed by atoms with Crippen LogP contribution in [0, 0.1) is 228 Å². The van der Waals surface area contributed by atoms with Crippen molar-refractivity contribution in [1.82, 2.24) is 60.3 Å². The summed E-state index contributed by atoms with van der Waals surface area (Å²) in [6.07, 6.45) is 0. The first-order chi connectivity index (χ1) is 65.6. The van der Waals surface area contributed by atoms with Crippen LogP contribution in [-0.2, 0) is 0 Å². The molecule has 18 aromatic rings. The summed E-state index contributed by atoms with van der Waals surface area (Å²) in [4.78, 5) is 136. The zero-order valence-corrected chi connectivity index (χ0v) is 84.2. The minimum absolute atomic E-state index is 0.00245. The maximum absolute atomic E-state index is 11.9. The van der Waals surface area contributed by atoms with Gasteiger partial charge in [-0.15, -0.1) is 15.3 Å². The van der Waals surface area contributed by atoms with Gasteiger partial charge in [-0.1, -0.05) is 0 Å². The number of nitrogens with zero attached hydrogens (tertiary/aromatic N) is 12. The third-order valence-corrected chi connectivity index (χ3v) is 25.3. The van der Waals surface area contributed by atoms with Crippen molar-refractivity contribution in [2.45, 2.75) is 228 Å². The van der Waals surface area contributed by atoms with Gasteiger partial charge in [0.15, 0.2) is 62.0 Å². The highest BCUT2D eigenvalue weighted by Crippen LogP contribution is 2.40. The topological polar surface area (TPSA) is 609 Å². The number of benzene rings is 2. The Kier molecular flexibility index (Phi) is 31.1. The summed E-state index contributed by atoms with van der Waals surface area (Å²) < 4.78 is 45.4. The predicted octanol–water partition coefficient (Wildman–Crippen LogP) is 16.4. The van der Waals surface area contributed by atoms with Gasteiger partial charge in [0.05, 0.1) is 99.9 Å². The van der Waals surface area contributed by atoms with Crippen molar-refractivity contribution < 1.29 is 85.7 Å². The van der Waals surface area contributed by atoms with E-state index >= 15 is 0 Å². The molecule has 2 aromatic carbocycles. The highest BCUT2D eigenvalue weighted by atomic mass is 16.4. The summed E-state index contributed by atoms with van der Waals surface area (Å²) in [6, 6.07) is 0. The van der Waals surface area contributed by atoms with E-state index in [1.165, 1.54) is 41.5 Å². The molecule has 0 saturated heterocycles. The van der Waals surface area contributed by atoms with Crippen LogP contribution in [0.1, 0.15) is 185 Å². The SMILES string of the molecule is Cc1c(C)c(C)c2c(O)c(C)c(=O)oc2c1C.Cc1nc(C)c2oc(=O)c(C)c(O)c2c1C.Cc1nc(C)c2oc(=O)c(C)c(O)c2n1.Cc1nc2c(O)c(C)c(=O)oc2c(C)c1C.Cc1nc2oc(=O)c(C)c(O)c2c(C)c1C.Cc1nc2oc(=O)c(C)c(O)c2nc1C.Cc1nnc2oc(=O)c(C)c(O)c2c1C.Cc1nnc2oc(=O)c(C)c(O)c2n1.Cc1oc(=O)c2c(C)c(C)c(C)c(C)c2c1O. The van der Waals surface area contributed by atoms with Crippen LogP contribution in [0.5, 0.6) is 51.7 Å². The Balaban J connectivity index is 0.000000163. The second kappa shape index (κ2) is 41.3. The first-order valence-electron chi connectivity index (χ1n) is 43.6. The van der Waals surface area contributed by atoms with Gasteiger partial charge in [0.25, 0.3) is 17.1 Å². The summed E-state index contributed by atoms with van der Waals surface area (Å²) >= 11 is 0. The molecule has 16 heterocycles. The van der Waals surface area contributed by atoms with Crippen LogP contribution in [0.15, 0.2) is 82.9 Å². The lowest BCUT2D eigenvalue weighted by atomic mass is 9.92. The molecule has 738 valence electrons. The van der Waals surface area contributed by atoms with Crippen molar-refractivity contribution in [2.24, 2.45) is 0 Å². The van der Waals surface area contributed by atoms with Crippen LogP contribution >= 0.6 is 0 Å². The summed E-state index contributed by atoms with van der Waals surface area (Å²) in [5.41, 5.74) is 18.7. The summed E-state index contributed by atoms with van der Waals surface area (Å²) in [5.74, 6) is 0.646. The zero-order valence-electron chi connectivity index (χ0n) is 84.2. The number of aryl methyl sites for hydroxylation is 19. The lowest BCUT2D eigenvalue weighted by Crippen LogP contribution is -2.07. The van der Waals surface area contributed by atoms with Gasteiger partial charge in [0, 0.05) is 22.5 Å². The summed E-state index contributed by atoms with van der Waals surface area (Å²) in [5, 5.41) is 107. The molecule has 141 heavy (non-hydrogen) atoms. The molecule has 39 nitrogen and oxygen atoms in total. The number of hydrogen-bond acceptors (Lipinski definition) is 39. The van der Waals surface area contributed by atoms with E-state index in [0.717, 1.165) is 95.0 Å². The van der Waals surface area contributed by atoms with Gasteiger partial charge in [-0.05, 0) is 306 Å². The fraction of sp³-hybridized carbons (Fsp3) is 0.324. The molecule has 0 spiro atoms. The van der Waals surface area contributed by atoms with Crippen LogP contribution in [0.4, 0.5) is 0 Å². The number of rotatable bonds is 0. The van der Waals surface area contributed by atoms with E-state index in [2.05, 4.69) is 60.3 Å². The molecule has 0 aliphatic carbocycles. The first-order valence-corrected chi connectivity index (χ1v) is 43.6. The quantitative estimate of drug-likeness (QED) is 0.0637. The van der Waals surface area contributed by atoms with E-state index in [9.17, 15) is 89.1 Å². The van der Waals surface area contributed by atoms with Crippen molar-refractivity contribution in [1.29, 1.82) is 0 Å². The Morgan fingerprint density at radius 1 is 0.156 bits per heavy atom. The third-order valence-electron chi connectivity index (χ3n) is 25.3. The summed E-state index contributed by atoms with van der Waals surface area (Å²) in [7, 11) is 0. The second-order valence-corrected chi connectivity index (χ2v) is 34.2. The van der Waals surface area contributed by atoms with Crippen molar-refractivity contribution in [3.05, 3.63) is 279 Å². The molecule has 39 heteroatoms. The van der Waals surface area contributed by atoms with Crippen molar-refractivity contribution >= 4 is 99.6 Å². The van der Waals surface area contributed by atoms with Crippen LogP contribution in [-0.4, -0.2) is 106 Å². The van der Waals surface area contributed by atoms with Crippen LogP contribution < -0.4 is 50.6 Å². The molecule has 0 bridgehead atoms.